The summed E-state index contributed by atoms with van der Waals surface area (Å²) in [7, 11) is 0. The second-order valence-corrected chi connectivity index (χ2v) is 6.21. The molecule has 0 aromatic heterocycles. The summed E-state index contributed by atoms with van der Waals surface area (Å²) in [6, 6.07) is 20.9. The summed E-state index contributed by atoms with van der Waals surface area (Å²) in [6.07, 6.45) is 0. The van der Waals surface area contributed by atoms with Gasteiger partial charge in [0.05, 0.1) is 16.7 Å². The highest BCUT2D eigenvalue weighted by atomic mass is 35.5. The molecule has 3 aromatic rings. The van der Waals surface area contributed by atoms with E-state index in [1.165, 1.54) is 0 Å². The van der Waals surface area contributed by atoms with Crippen LogP contribution in [-0.2, 0) is 13.2 Å². The summed E-state index contributed by atoms with van der Waals surface area (Å²) in [5.41, 5.74) is 3.49. The lowest BCUT2D eigenvalue weighted by atomic mass is 10.0. The zero-order chi connectivity index (χ0) is 16.9. The largest absolute Gasteiger partial charge is 0.489 e. The monoisotopic (exact) mass is 358 g/mol. The molecule has 0 aliphatic carbocycles. The maximum Gasteiger partial charge on any atom is 0.122 e. The van der Waals surface area contributed by atoms with Crippen molar-refractivity contribution in [1.82, 2.24) is 0 Å². The maximum absolute atomic E-state index is 9.28. The van der Waals surface area contributed by atoms with Crippen LogP contribution in [0.15, 0.2) is 66.7 Å². The molecule has 0 fully saturated rings. The zero-order valence-electron chi connectivity index (χ0n) is 12.9. The number of ether oxygens (including phenoxy) is 1. The predicted molar refractivity (Wildman–Crippen MR) is 98.6 cm³/mol. The molecule has 0 unspecified atom stereocenters. The third-order valence-electron chi connectivity index (χ3n) is 3.66. The number of hydrogen-bond donors (Lipinski definition) is 1. The van der Waals surface area contributed by atoms with Crippen molar-refractivity contribution in [2.24, 2.45) is 0 Å². The van der Waals surface area contributed by atoms with Crippen LogP contribution < -0.4 is 4.74 Å². The summed E-state index contributed by atoms with van der Waals surface area (Å²) in [5.74, 6) is 0.621. The number of aliphatic hydroxyl groups excluding tert-OH is 1. The first-order chi connectivity index (χ1) is 11.7. The molecule has 3 rings (SSSR count). The predicted octanol–water partition coefficient (Wildman–Crippen LogP) is 5.73. The van der Waals surface area contributed by atoms with Crippen molar-refractivity contribution in [1.29, 1.82) is 0 Å². The van der Waals surface area contributed by atoms with Gasteiger partial charge >= 0.3 is 0 Å². The van der Waals surface area contributed by atoms with Crippen LogP contribution in [0.5, 0.6) is 5.75 Å². The second-order valence-electron chi connectivity index (χ2n) is 5.39. The van der Waals surface area contributed by atoms with Crippen LogP contribution in [0.2, 0.25) is 10.0 Å². The molecule has 3 aromatic carbocycles. The number of rotatable bonds is 5. The molecule has 0 spiro atoms. The van der Waals surface area contributed by atoms with Crippen LogP contribution in [-0.4, -0.2) is 5.11 Å². The highest BCUT2D eigenvalue weighted by Crippen LogP contribution is 2.38. The summed E-state index contributed by atoms with van der Waals surface area (Å²) >= 11 is 12.8. The molecule has 2 nitrogen and oxygen atoms in total. The number of hydrogen-bond acceptors (Lipinski definition) is 2. The van der Waals surface area contributed by atoms with Gasteiger partial charge in [-0.1, -0.05) is 71.7 Å². The van der Waals surface area contributed by atoms with Crippen molar-refractivity contribution in [2.45, 2.75) is 13.2 Å². The number of benzene rings is 3. The molecule has 0 aliphatic rings. The van der Waals surface area contributed by atoms with Crippen LogP contribution in [0, 0.1) is 0 Å². The molecule has 0 saturated heterocycles. The van der Waals surface area contributed by atoms with E-state index < -0.39 is 0 Å². The molecule has 4 heteroatoms. The Hall–Kier alpha value is -2.00. The van der Waals surface area contributed by atoms with E-state index in [0.717, 1.165) is 22.3 Å². The fraction of sp³-hybridized carbons (Fsp3) is 0.100. The van der Waals surface area contributed by atoms with Gasteiger partial charge in [0.25, 0.3) is 0 Å². The number of aliphatic hydroxyl groups is 1. The van der Waals surface area contributed by atoms with Gasteiger partial charge in [-0.2, -0.15) is 0 Å². The Morgan fingerprint density at radius 2 is 1.46 bits per heavy atom. The van der Waals surface area contributed by atoms with E-state index in [1.807, 2.05) is 54.6 Å². The molecule has 0 radical (unpaired) electrons. The van der Waals surface area contributed by atoms with Gasteiger partial charge in [0.2, 0.25) is 0 Å². The van der Waals surface area contributed by atoms with Crippen molar-refractivity contribution in [2.75, 3.05) is 0 Å². The lowest BCUT2D eigenvalue weighted by molar-refractivity contribution is 0.282. The Balaban J connectivity index is 1.85. The Kier molecular flexibility index (Phi) is 5.41. The molecule has 0 bridgehead atoms. The first kappa shape index (κ1) is 16.8. The standard InChI is InChI=1S/C20H16Cl2O2/c21-18-10-17(24-13-14-5-2-1-3-6-14)11-19(22)20(18)16-8-4-7-15(9-16)12-23/h1-11,23H,12-13H2. The van der Waals surface area contributed by atoms with Crippen LogP contribution in [0.4, 0.5) is 0 Å². The van der Waals surface area contributed by atoms with Crippen LogP contribution in [0.3, 0.4) is 0 Å². The Labute approximate surface area is 151 Å². The van der Waals surface area contributed by atoms with E-state index in [2.05, 4.69) is 0 Å². The van der Waals surface area contributed by atoms with Crippen molar-refractivity contribution < 1.29 is 9.84 Å². The van der Waals surface area contributed by atoms with Gasteiger partial charge in [0, 0.05) is 5.56 Å². The molecule has 0 saturated carbocycles. The Morgan fingerprint density at radius 3 is 2.12 bits per heavy atom. The summed E-state index contributed by atoms with van der Waals surface area (Å²) in [6.45, 7) is 0.425. The summed E-state index contributed by atoms with van der Waals surface area (Å²) < 4.78 is 5.78. The molecule has 0 amide bonds. The quantitative estimate of drug-likeness (QED) is 0.630. The second kappa shape index (κ2) is 7.71. The first-order valence-electron chi connectivity index (χ1n) is 7.53. The summed E-state index contributed by atoms with van der Waals surface area (Å²) in [4.78, 5) is 0. The minimum absolute atomic E-state index is 0.0264. The van der Waals surface area contributed by atoms with E-state index in [-0.39, 0.29) is 6.61 Å². The lowest BCUT2D eigenvalue weighted by Gasteiger charge is -2.12. The van der Waals surface area contributed by atoms with Gasteiger partial charge in [0.15, 0.2) is 0 Å². The van der Waals surface area contributed by atoms with Crippen LogP contribution >= 0.6 is 23.2 Å². The van der Waals surface area contributed by atoms with Gasteiger partial charge in [0.1, 0.15) is 12.4 Å². The Morgan fingerprint density at radius 1 is 0.792 bits per heavy atom. The summed E-state index contributed by atoms with van der Waals surface area (Å²) in [5, 5.41) is 10.3. The van der Waals surface area contributed by atoms with Gasteiger partial charge in [-0.05, 0) is 34.9 Å². The third kappa shape index (κ3) is 3.90. The molecular weight excluding hydrogens is 343 g/mol. The minimum atomic E-state index is -0.0264. The van der Waals surface area contributed by atoms with Crippen molar-refractivity contribution in [3.8, 4) is 16.9 Å². The molecule has 24 heavy (non-hydrogen) atoms. The van der Waals surface area contributed by atoms with Crippen molar-refractivity contribution >= 4 is 23.2 Å². The molecular formula is C20H16Cl2O2. The van der Waals surface area contributed by atoms with Crippen LogP contribution in [0.1, 0.15) is 11.1 Å². The van der Waals surface area contributed by atoms with Gasteiger partial charge < -0.3 is 9.84 Å². The highest BCUT2D eigenvalue weighted by Gasteiger charge is 2.12. The average Bonchev–Trinajstić information content (AvgIpc) is 2.60. The first-order valence-corrected chi connectivity index (χ1v) is 8.29. The van der Waals surface area contributed by atoms with Crippen molar-refractivity contribution in [3.05, 3.63) is 87.9 Å². The molecule has 122 valence electrons. The molecule has 0 atom stereocenters. The van der Waals surface area contributed by atoms with Crippen LogP contribution in [0.25, 0.3) is 11.1 Å². The maximum atomic E-state index is 9.28. The van der Waals surface area contributed by atoms with E-state index in [1.54, 1.807) is 12.1 Å². The fourth-order valence-electron chi connectivity index (χ4n) is 2.48. The molecule has 1 N–H and O–H groups in total. The van der Waals surface area contributed by atoms with E-state index in [4.69, 9.17) is 27.9 Å². The van der Waals surface area contributed by atoms with Gasteiger partial charge in [-0.25, -0.2) is 0 Å². The smallest absolute Gasteiger partial charge is 0.122 e. The number of halogens is 2. The SMILES string of the molecule is OCc1cccc(-c2c(Cl)cc(OCc3ccccc3)cc2Cl)c1. The van der Waals surface area contributed by atoms with Crippen molar-refractivity contribution in [3.63, 3.8) is 0 Å². The van der Waals surface area contributed by atoms with Gasteiger partial charge in [-0.15, -0.1) is 0 Å². The third-order valence-corrected chi connectivity index (χ3v) is 4.26. The topological polar surface area (TPSA) is 29.5 Å². The minimum Gasteiger partial charge on any atom is -0.489 e. The van der Waals surface area contributed by atoms with E-state index in [9.17, 15) is 5.11 Å². The normalized spacial score (nSPS) is 10.6. The fourth-order valence-corrected chi connectivity index (χ4v) is 3.16. The highest BCUT2D eigenvalue weighted by molar-refractivity contribution is 6.39. The van der Waals surface area contributed by atoms with E-state index >= 15 is 0 Å². The molecule has 0 heterocycles. The molecule has 0 aliphatic heterocycles. The lowest BCUT2D eigenvalue weighted by Crippen LogP contribution is -1.96. The zero-order valence-corrected chi connectivity index (χ0v) is 14.4. The van der Waals surface area contributed by atoms with E-state index in [0.29, 0.717) is 22.4 Å². The van der Waals surface area contributed by atoms with Gasteiger partial charge in [-0.3, -0.25) is 0 Å². The Bertz CT molecular complexity index is 809. The average molecular weight is 359 g/mol.